The molecule has 1 aromatic carbocycles. The quantitative estimate of drug-likeness (QED) is 0.929. The Morgan fingerprint density at radius 1 is 1.50 bits per heavy atom. The van der Waals surface area contributed by atoms with Crippen molar-refractivity contribution in [2.24, 2.45) is 0 Å². The summed E-state index contributed by atoms with van der Waals surface area (Å²) in [5.74, 6) is -0.0953. The van der Waals surface area contributed by atoms with Crippen LogP contribution in [0.15, 0.2) is 22.7 Å². The van der Waals surface area contributed by atoms with Gasteiger partial charge < -0.3 is 5.32 Å². The number of nitrogens with one attached hydrogen (secondary N) is 1. The van der Waals surface area contributed by atoms with Gasteiger partial charge in [0.25, 0.3) is 0 Å². The van der Waals surface area contributed by atoms with Crippen LogP contribution in [0.5, 0.6) is 0 Å². The van der Waals surface area contributed by atoms with Crippen LogP contribution in [0.25, 0.3) is 0 Å². The fraction of sp³-hybridized carbons (Fsp3) is 0.429. The zero-order chi connectivity index (χ0) is 13.8. The van der Waals surface area contributed by atoms with Crippen LogP contribution in [0, 0.1) is 18.3 Å². The molecule has 0 saturated heterocycles. The Kier molecular flexibility index (Phi) is 4.92. The first kappa shape index (κ1) is 14.7. The highest BCUT2D eigenvalue weighted by molar-refractivity contribution is 9.10. The summed E-state index contributed by atoms with van der Waals surface area (Å²) in [6.07, 6.45) is 1.08. The molecule has 1 aromatic rings. The maximum absolute atomic E-state index is 11.7. The van der Waals surface area contributed by atoms with E-state index in [1.807, 2.05) is 25.1 Å². The SMILES string of the molecule is Cc1cc(CCC(=O)NC(C)(C)C#N)ccc1Br. The van der Waals surface area contributed by atoms with E-state index in [4.69, 9.17) is 5.26 Å². The van der Waals surface area contributed by atoms with Crippen LogP contribution in [0.4, 0.5) is 0 Å². The number of rotatable bonds is 4. The molecule has 18 heavy (non-hydrogen) atoms. The van der Waals surface area contributed by atoms with Crippen LogP contribution in [0.1, 0.15) is 31.4 Å². The van der Waals surface area contributed by atoms with Gasteiger partial charge in [-0.05, 0) is 44.4 Å². The second kappa shape index (κ2) is 6.01. The van der Waals surface area contributed by atoms with E-state index in [-0.39, 0.29) is 5.91 Å². The van der Waals surface area contributed by atoms with Crippen molar-refractivity contribution in [3.63, 3.8) is 0 Å². The number of nitriles is 1. The number of hydrogen-bond acceptors (Lipinski definition) is 2. The van der Waals surface area contributed by atoms with Crippen LogP contribution >= 0.6 is 15.9 Å². The number of benzene rings is 1. The largest absolute Gasteiger partial charge is 0.338 e. The lowest BCUT2D eigenvalue weighted by atomic mass is 10.0. The first-order valence-electron chi connectivity index (χ1n) is 5.81. The van der Waals surface area contributed by atoms with Gasteiger partial charge in [-0.2, -0.15) is 5.26 Å². The molecule has 0 atom stereocenters. The molecule has 0 saturated carbocycles. The summed E-state index contributed by atoms with van der Waals surface area (Å²) in [7, 11) is 0. The van der Waals surface area contributed by atoms with Gasteiger partial charge in [-0.15, -0.1) is 0 Å². The Morgan fingerprint density at radius 2 is 2.17 bits per heavy atom. The third-order valence-corrected chi connectivity index (χ3v) is 3.48. The van der Waals surface area contributed by atoms with Gasteiger partial charge in [0.15, 0.2) is 0 Å². The molecule has 0 aliphatic heterocycles. The number of hydrogen-bond donors (Lipinski definition) is 1. The van der Waals surface area contributed by atoms with Gasteiger partial charge in [0.1, 0.15) is 5.54 Å². The molecular weight excluding hydrogens is 292 g/mol. The van der Waals surface area contributed by atoms with Gasteiger partial charge >= 0.3 is 0 Å². The topological polar surface area (TPSA) is 52.9 Å². The first-order chi connectivity index (χ1) is 8.34. The summed E-state index contributed by atoms with van der Waals surface area (Å²) in [6, 6.07) is 8.10. The van der Waals surface area contributed by atoms with Crippen LogP contribution in [0.2, 0.25) is 0 Å². The monoisotopic (exact) mass is 308 g/mol. The Labute approximate surface area is 116 Å². The first-order valence-corrected chi connectivity index (χ1v) is 6.60. The minimum Gasteiger partial charge on any atom is -0.338 e. The highest BCUT2D eigenvalue weighted by Gasteiger charge is 2.18. The lowest BCUT2D eigenvalue weighted by Gasteiger charge is -2.17. The van der Waals surface area contributed by atoms with Crippen LogP contribution in [-0.4, -0.2) is 11.4 Å². The van der Waals surface area contributed by atoms with Crippen molar-refractivity contribution in [2.45, 2.75) is 39.2 Å². The Hall–Kier alpha value is -1.34. The van der Waals surface area contributed by atoms with E-state index in [1.165, 1.54) is 0 Å². The number of amides is 1. The molecule has 1 N–H and O–H groups in total. The normalized spacial score (nSPS) is 10.8. The molecule has 4 heteroatoms. The van der Waals surface area contributed by atoms with Gasteiger partial charge in [0.05, 0.1) is 6.07 Å². The van der Waals surface area contributed by atoms with Gasteiger partial charge in [-0.25, -0.2) is 0 Å². The van der Waals surface area contributed by atoms with Crippen LogP contribution in [-0.2, 0) is 11.2 Å². The average molecular weight is 309 g/mol. The summed E-state index contributed by atoms with van der Waals surface area (Å²) in [4.78, 5) is 11.7. The molecule has 0 bridgehead atoms. The predicted octanol–water partition coefficient (Wildman–Crippen LogP) is 3.11. The third kappa shape index (κ3) is 4.50. The van der Waals surface area contributed by atoms with E-state index in [2.05, 4.69) is 27.3 Å². The summed E-state index contributed by atoms with van der Waals surface area (Å²) >= 11 is 3.44. The molecule has 0 aromatic heterocycles. The van der Waals surface area contributed by atoms with Crippen molar-refractivity contribution < 1.29 is 4.79 Å². The van der Waals surface area contributed by atoms with E-state index in [0.29, 0.717) is 12.8 Å². The Balaban J connectivity index is 2.53. The lowest BCUT2D eigenvalue weighted by molar-refractivity contribution is -0.122. The van der Waals surface area contributed by atoms with E-state index >= 15 is 0 Å². The van der Waals surface area contributed by atoms with Crippen molar-refractivity contribution in [3.05, 3.63) is 33.8 Å². The highest BCUT2D eigenvalue weighted by atomic mass is 79.9. The number of halogens is 1. The van der Waals surface area contributed by atoms with Crippen molar-refractivity contribution in [2.75, 3.05) is 0 Å². The molecule has 0 heterocycles. The predicted molar refractivity (Wildman–Crippen MR) is 75.0 cm³/mol. The van der Waals surface area contributed by atoms with E-state index in [1.54, 1.807) is 13.8 Å². The second-order valence-corrected chi connectivity index (χ2v) is 5.72. The Morgan fingerprint density at radius 3 is 2.72 bits per heavy atom. The van der Waals surface area contributed by atoms with Gasteiger partial charge in [0, 0.05) is 10.9 Å². The number of carbonyl (C=O) groups is 1. The van der Waals surface area contributed by atoms with Gasteiger partial charge in [0.2, 0.25) is 5.91 Å². The maximum Gasteiger partial charge on any atom is 0.221 e. The molecule has 96 valence electrons. The molecule has 1 rings (SSSR count). The zero-order valence-corrected chi connectivity index (χ0v) is 12.5. The molecule has 1 amide bonds. The lowest BCUT2D eigenvalue weighted by Crippen LogP contribution is -2.42. The molecule has 0 aliphatic rings. The fourth-order valence-corrected chi connectivity index (χ4v) is 1.81. The summed E-state index contributed by atoms with van der Waals surface area (Å²) < 4.78 is 1.07. The van der Waals surface area contributed by atoms with Gasteiger partial charge in [-0.3, -0.25) is 4.79 Å². The summed E-state index contributed by atoms with van der Waals surface area (Å²) in [5, 5.41) is 11.5. The smallest absolute Gasteiger partial charge is 0.221 e. The minimum atomic E-state index is -0.799. The average Bonchev–Trinajstić information content (AvgIpc) is 2.30. The molecule has 0 unspecified atom stereocenters. The number of nitrogens with zero attached hydrogens (tertiary/aromatic N) is 1. The molecular formula is C14H17BrN2O. The van der Waals surface area contributed by atoms with Crippen molar-refractivity contribution in [3.8, 4) is 6.07 Å². The molecule has 0 aliphatic carbocycles. The zero-order valence-electron chi connectivity index (χ0n) is 10.9. The Bertz CT molecular complexity index is 489. The fourth-order valence-electron chi connectivity index (χ4n) is 1.56. The number of aryl methyl sites for hydroxylation is 2. The molecule has 0 radical (unpaired) electrons. The number of carbonyl (C=O) groups excluding carboxylic acids is 1. The van der Waals surface area contributed by atoms with Crippen molar-refractivity contribution in [1.82, 2.24) is 5.32 Å². The third-order valence-electron chi connectivity index (χ3n) is 2.59. The highest BCUT2D eigenvalue weighted by Crippen LogP contribution is 2.18. The standard InChI is InChI=1S/C14H17BrN2O/c1-10-8-11(4-6-12(10)15)5-7-13(18)17-14(2,3)9-16/h4,6,8H,5,7H2,1-3H3,(H,17,18). The summed E-state index contributed by atoms with van der Waals surface area (Å²) in [6.45, 7) is 5.40. The van der Waals surface area contributed by atoms with Crippen molar-refractivity contribution in [1.29, 1.82) is 5.26 Å². The maximum atomic E-state index is 11.7. The van der Waals surface area contributed by atoms with Crippen LogP contribution in [0.3, 0.4) is 0 Å². The van der Waals surface area contributed by atoms with Crippen molar-refractivity contribution >= 4 is 21.8 Å². The molecule has 3 nitrogen and oxygen atoms in total. The second-order valence-electron chi connectivity index (χ2n) is 4.87. The van der Waals surface area contributed by atoms with E-state index in [9.17, 15) is 4.79 Å². The van der Waals surface area contributed by atoms with Crippen LogP contribution < -0.4 is 5.32 Å². The molecule has 0 spiro atoms. The van der Waals surface area contributed by atoms with E-state index < -0.39 is 5.54 Å². The van der Waals surface area contributed by atoms with E-state index in [0.717, 1.165) is 15.6 Å². The molecule has 0 fully saturated rings. The minimum absolute atomic E-state index is 0.0953. The van der Waals surface area contributed by atoms with Gasteiger partial charge in [-0.1, -0.05) is 28.1 Å². The summed E-state index contributed by atoms with van der Waals surface area (Å²) in [5.41, 5.74) is 1.48.